The van der Waals surface area contributed by atoms with Crippen LogP contribution < -0.4 is 5.73 Å². The van der Waals surface area contributed by atoms with E-state index in [0.29, 0.717) is 5.02 Å². The van der Waals surface area contributed by atoms with Gasteiger partial charge in [-0.15, -0.1) is 0 Å². The Morgan fingerprint density at radius 3 is 2.31 bits per heavy atom. The molecular weight excluding hydrogens is 374 g/mol. The molecule has 5 nitrogen and oxygen atoms in total. The Morgan fingerprint density at radius 2 is 1.77 bits per heavy atom. The molecule has 0 amide bonds. The van der Waals surface area contributed by atoms with Crippen LogP contribution in [0, 0.1) is 5.41 Å². The van der Waals surface area contributed by atoms with E-state index in [2.05, 4.69) is 0 Å². The molecule has 1 aliphatic carbocycles. The van der Waals surface area contributed by atoms with E-state index in [1.807, 2.05) is 30.3 Å². The van der Waals surface area contributed by atoms with Crippen molar-refractivity contribution in [3.63, 3.8) is 0 Å². The lowest BCUT2D eigenvalue weighted by atomic mass is 9.99. The maximum atomic E-state index is 13.3. The molecule has 2 N–H and O–H groups in total. The zero-order chi connectivity index (χ0) is 18.9. The lowest BCUT2D eigenvalue weighted by Gasteiger charge is -2.14. The molecule has 0 saturated heterocycles. The summed E-state index contributed by atoms with van der Waals surface area (Å²) in [5.74, 6) is -1.12. The Kier molecular flexibility index (Phi) is 5.10. The van der Waals surface area contributed by atoms with E-state index in [9.17, 15) is 13.2 Å². The lowest BCUT2D eigenvalue weighted by molar-refractivity contribution is -0.149. The van der Waals surface area contributed by atoms with Gasteiger partial charge in [-0.25, -0.2) is 8.42 Å². The number of benzene rings is 2. The van der Waals surface area contributed by atoms with E-state index >= 15 is 0 Å². The summed E-state index contributed by atoms with van der Waals surface area (Å²) in [5, 5.41) is -0.530. The van der Waals surface area contributed by atoms with Crippen LogP contribution in [0.2, 0.25) is 5.02 Å². The van der Waals surface area contributed by atoms with Crippen LogP contribution in [0.4, 0.5) is 0 Å². The van der Waals surface area contributed by atoms with Gasteiger partial charge in [-0.1, -0.05) is 41.9 Å². The monoisotopic (exact) mass is 393 g/mol. The maximum Gasteiger partial charge on any atom is 0.315 e. The Morgan fingerprint density at radius 1 is 1.15 bits per heavy atom. The first-order valence-electron chi connectivity index (χ1n) is 8.31. The van der Waals surface area contributed by atoms with Crippen molar-refractivity contribution in [3.05, 3.63) is 65.2 Å². The number of ether oxygens (including phenoxy) is 1. The number of halogens is 1. The normalized spacial score (nSPS) is 24.9. The first-order valence-corrected chi connectivity index (χ1v) is 10.2. The number of carbonyl (C=O) groups excluding carboxylic acids is 1. The fraction of sp³-hybridized carbons (Fsp3) is 0.316. The van der Waals surface area contributed by atoms with Crippen LogP contribution in [0.15, 0.2) is 59.5 Å². The summed E-state index contributed by atoms with van der Waals surface area (Å²) in [6.07, 6.45) is 0. The molecule has 1 saturated carbocycles. The van der Waals surface area contributed by atoms with Crippen molar-refractivity contribution in [3.8, 4) is 0 Å². The van der Waals surface area contributed by atoms with Gasteiger partial charge in [0.05, 0.1) is 16.8 Å². The van der Waals surface area contributed by atoms with Crippen LogP contribution in [0.5, 0.6) is 0 Å². The predicted molar refractivity (Wildman–Crippen MR) is 99.7 cm³/mol. The van der Waals surface area contributed by atoms with Gasteiger partial charge >= 0.3 is 5.97 Å². The number of hydrogen-bond donors (Lipinski definition) is 1. The molecule has 0 aromatic heterocycles. The molecule has 3 atom stereocenters. The largest absolute Gasteiger partial charge is 0.465 e. The first-order chi connectivity index (χ1) is 12.4. The first kappa shape index (κ1) is 18.9. The molecule has 1 aliphatic rings. The molecule has 138 valence electrons. The minimum absolute atomic E-state index is 0.108. The average molecular weight is 394 g/mol. The summed E-state index contributed by atoms with van der Waals surface area (Å²) in [5.41, 5.74) is 5.41. The van der Waals surface area contributed by atoms with Crippen molar-refractivity contribution >= 4 is 27.4 Å². The highest BCUT2D eigenvalue weighted by molar-refractivity contribution is 7.92. The number of hydrogen-bond acceptors (Lipinski definition) is 5. The van der Waals surface area contributed by atoms with Gasteiger partial charge in [0, 0.05) is 17.5 Å². The standard InChI is InChI=1S/C19H20ClNO4S/c1-2-25-18(22)19(12-21)16(13-6-4-3-5-7-13)17(19)26(23,24)15-10-8-14(20)9-11-15/h3-11,16-17H,2,12,21H2,1H3/t16-,17+,19+/m0/s1. The number of rotatable bonds is 6. The molecule has 0 unspecified atom stereocenters. The summed E-state index contributed by atoms with van der Waals surface area (Å²) in [6.45, 7) is 1.74. The van der Waals surface area contributed by atoms with E-state index in [4.69, 9.17) is 22.1 Å². The molecule has 7 heteroatoms. The Hall–Kier alpha value is -1.89. The van der Waals surface area contributed by atoms with Gasteiger partial charge in [0.2, 0.25) is 0 Å². The van der Waals surface area contributed by atoms with Crippen LogP contribution in [0.1, 0.15) is 18.4 Å². The van der Waals surface area contributed by atoms with Crippen molar-refractivity contribution in [1.29, 1.82) is 0 Å². The molecular formula is C19H20ClNO4S. The van der Waals surface area contributed by atoms with Crippen LogP contribution >= 0.6 is 11.6 Å². The van der Waals surface area contributed by atoms with E-state index < -0.39 is 32.4 Å². The highest BCUT2D eigenvalue weighted by Crippen LogP contribution is 2.64. The number of sulfone groups is 1. The van der Waals surface area contributed by atoms with Crippen LogP contribution in [-0.4, -0.2) is 32.8 Å². The quantitative estimate of drug-likeness (QED) is 0.762. The smallest absolute Gasteiger partial charge is 0.315 e. The fourth-order valence-electron chi connectivity index (χ4n) is 3.60. The van der Waals surface area contributed by atoms with E-state index in [1.165, 1.54) is 24.3 Å². The minimum Gasteiger partial charge on any atom is -0.465 e. The molecule has 2 aromatic carbocycles. The lowest BCUT2D eigenvalue weighted by Crippen LogP contribution is -2.33. The second kappa shape index (κ2) is 7.02. The fourth-order valence-corrected chi connectivity index (χ4v) is 6.11. The zero-order valence-corrected chi connectivity index (χ0v) is 15.8. The Bertz CT molecular complexity index is 899. The third-order valence-corrected chi connectivity index (χ3v) is 7.43. The number of carbonyl (C=O) groups is 1. The van der Waals surface area contributed by atoms with Crippen molar-refractivity contribution in [1.82, 2.24) is 0 Å². The summed E-state index contributed by atoms with van der Waals surface area (Å²) in [4.78, 5) is 12.8. The van der Waals surface area contributed by atoms with Crippen molar-refractivity contribution in [2.45, 2.75) is 23.0 Å². The van der Waals surface area contributed by atoms with Gasteiger partial charge in [-0.05, 0) is 36.8 Å². The highest BCUT2D eigenvalue weighted by Gasteiger charge is 2.75. The number of nitrogens with two attached hydrogens (primary N) is 1. The molecule has 0 radical (unpaired) electrons. The minimum atomic E-state index is -3.80. The van der Waals surface area contributed by atoms with Crippen LogP contribution in [0.25, 0.3) is 0 Å². The Labute approximate surface area is 158 Å². The molecule has 0 heterocycles. The van der Waals surface area contributed by atoms with Gasteiger partial charge in [-0.3, -0.25) is 4.79 Å². The SMILES string of the molecule is CCOC(=O)[C@@]1(CN)[C@H](S(=O)(=O)c2ccc(Cl)cc2)[C@@H]1c1ccccc1. The summed E-state index contributed by atoms with van der Waals surface area (Å²) < 4.78 is 31.7. The van der Waals surface area contributed by atoms with Crippen molar-refractivity contribution in [2.24, 2.45) is 11.1 Å². The molecule has 26 heavy (non-hydrogen) atoms. The molecule has 0 aliphatic heterocycles. The third kappa shape index (κ3) is 2.92. The molecule has 3 rings (SSSR count). The zero-order valence-electron chi connectivity index (χ0n) is 14.3. The maximum absolute atomic E-state index is 13.3. The predicted octanol–water partition coefficient (Wildman–Crippen LogP) is 2.79. The second-order valence-corrected chi connectivity index (χ2v) is 8.78. The van der Waals surface area contributed by atoms with Crippen LogP contribution in [0.3, 0.4) is 0 Å². The molecule has 0 bridgehead atoms. The van der Waals surface area contributed by atoms with Gasteiger partial charge in [0.1, 0.15) is 5.41 Å². The Balaban J connectivity index is 2.10. The van der Waals surface area contributed by atoms with Crippen LogP contribution in [-0.2, 0) is 19.4 Å². The summed E-state index contributed by atoms with van der Waals surface area (Å²) in [6, 6.07) is 15.0. The summed E-state index contributed by atoms with van der Waals surface area (Å²) >= 11 is 5.87. The topological polar surface area (TPSA) is 86.5 Å². The van der Waals surface area contributed by atoms with E-state index in [1.54, 1.807) is 6.92 Å². The van der Waals surface area contributed by atoms with Crippen molar-refractivity contribution in [2.75, 3.05) is 13.2 Å². The van der Waals surface area contributed by atoms with Crippen molar-refractivity contribution < 1.29 is 17.9 Å². The van der Waals surface area contributed by atoms with E-state index in [0.717, 1.165) is 5.56 Å². The summed E-state index contributed by atoms with van der Waals surface area (Å²) in [7, 11) is -3.80. The molecule has 0 spiro atoms. The molecule has 1 fully saturated rings. The van der Waals surface area contributed by atoms with Gasteiger partial charge in [0.25, 0.3) is 0 Å². The second-order valence-electron chi connectivity index (χ2n) is 6.27. The number of esters is 1. The average Bonchev–Trinajstić information content (AvgIpc) is 3.35. The van der Waals surface area contributed by atoms with Gasteiger partial charge < -0.3 is 10.5 Å². The van der Waals surface area contributed by atoms with Gasteiger partial charge in [-0.2, -0.15) is 0 Å². The molecule has 2 aromatic rings. The van der Waals surface area contributed by atoms with Gasteiger partial charge in [0.15, 0.2) is 9.84 Å². The van der Waals surface area contributed by atoms with E-state index in [-0.39, 0.29) is 18.0 Å². The highest BCUT2D eigenvalue weighted by atomic mass is 35.5. The third-order valence-electron chi connectivity index (χ3n) is 4.88.